The Hall–Kier alpha value is -0.470. The molecule has 98 valence electrons. The van der Waals surface area contributed by atoms with Crippen LogP contribution >= 0.6 is 23.2 Å². The second kappa shape index (κ2) is 4.90. The Bertz CT molecular complexity index is 432. The van der Waals surface area contributed by atoms with Crippen LogP contribution in [0, 0.1) is 5.41 Å². The van der Waals surface area contributed by atoms with Gasteiger partial charge in [0.1, 0.15) is 11.9 Å². The highest BCUT2D eigenvalue weighted by Gasteiger charge is 2.55. The molecular weight excluding hydrogens is 269 g/mol. The summed E-state index contributed by atoms with van der Waals surface area (Å²) in [6, 6.07) is 1.83. The standard InChI is InChI=1S/C14H17Cl2NO/c15-10-6-11(9-17-8-10)18-13-7-12(16)14(13)4-2-1-3-5-14/h6,8-9,12-13H,1-5,7H2. The van der Waals surface area contributed by atoms with Crippen LogP contribution in [0.1, 0.15) is 38.5 Å². The van der Waals surface area contributed by atoms with Crippen LogP contribution in [0.4, 0.5) is 0 Å². The van der Waals surface area contributed by atoms with Gasteiger partial charge in [0.2, 0.25) is 0 Å². The van der Waals surface area contributed by atoms with Gasteiger partial charge in [0, 0.05) is 29.5 Å². The molecule has 0 radical (unpaired) electrons. The highest BCUT2D eigenvalue weighted by molar-refractivity contribution is 6.30. The fraction of sp³-hybridized carbons (Fsp3) is 0.643. The first-order valence-electron chi connectivity index (χ1n) is 6.62. The van der Waals surface area contributed by atoms with Gasteiger partial charge in [-0.3, -0.25) is 4.98 Å². The van der Waals surface area contributed by atoms with Crippen molar-refractivity contribution in [1.29, 1.82) is 0 Å². The number of halogens is 2. The second-order valence-corrected chi connectivity index (χ2v) is 6.41. The number of alkyl halides is 1. The van der Waals surface area contributed by atoms with Gasteiger partial charge >= 0.3 is 0 Å². The van der Waals surface area contributed by atoms with Crippen LogP contribution in [0.15, 0.2) is 18.5 Å². The molecule has 0 aromatic carbocycles. The maximum atomic E-state index is 6.46. The van der Waals surface area contributed by atoms with Crippen LogP contribution in [0.3, 0.4) is 0 Å². The molecular formula is C14H17Cl2NO. The van der Waals surface area contributed by atoms with E-state index in [0.29, 0.717) is 5.02 Å². The van der Waals surface area contributed by atoms with Gasteiger partial charge in [-0.05, 0) is 12.8 Å². The quantitative estimate of drug-likeness (QED) is 0.750. The highest BCUT2D eigenvalue weighted by Crippen LogP contribution is 2.55. The van der Waals surface area contributed by atoms with Crippen molar-refractivity contribution in [3.05, 3.63) is 23.5 Å². The molecule has 1 spiro atoms. The molecule has 2 saturated carbocycles. The van der Waals surface area contributed by atoms with E-state index in [1.807, 2.05) is 6.07 Å². The van der Waals surface area contributed by atoms with Gasteiger partial charge in [0.15, 0.2) is 0 Å². The van der Waals surface area contributed by atoms with E-state index >= 15 is 0 Å². The van der Waals surface area contributed by atoms with Crippen LogP contribution in [0.25, 0.3) is 0 Å². The number of hydrogen-bond donors (Lipinski definition) is 0. The summed E-state index contributed by atoms with van der Waals surface area (Å²) in [5.41, 5.74) is 0.197. The van der Waals surface area contributed by atoms with E-state index in [9.17, 15) is 0 Å². The predicted octanol–water partition coefficient (Wildman–Crippen LogP) is 4.44. The molecule has 2 nitrogen and oxygen atoms in total. The zero-order valence-electron chi connectivity index (χ0n) is 10.2. The topological polar surface area (TPSA) is 22.1 Å². The molecule has 2 atom stereocenters. The third-order valence-electron chi connectivity index (χ3n) is 4.43. The summed E-state index contributed by atoms with van der Waals surface area (Å²) in [5, 5.41) is 0.891. The van der Waals surface area contributed by atoms with E-state index in [0.717, 1.165) is 12.2 Å². The van der Waals surface area contributed by atoms with Crippen molar-refractivity contribution in [2.75, 3.05) is 0 Å². The lowest BCUT2D eigenvalue weighted by Gasteiger charge is -2.54. The van der Waals surface area contributed by atoms with Crippen molar-refractivity contribution in [2.45, 2.75) is 50.0 Å². The number of hydrogen-bond acceptors (Lipinski definition) is 2. The van der Waals surface area contributed by atoms with E-state index in [-0.39, 0.29) is 16.9 Å². The van der Waals surface area contributed by atoms with Gasteiger partial charge in [0.05, 0.1) is 11.2 Å². The molecule has 0 amide bonds. The summed E-state index contributed by atoms with van der Waals surface area (Å²) in [4.78, 5) is 4.06. The van der Waals surface area contributed by atoms with Gasteiger partial charge in [-0.1, -0.05) is 30.9 Å². The van der Waals surface area contributed by atoms with Gasteiger partial charge in [-0.25, -0.2) is 0 Å². The summed E-state index contributed by atoms with van der Waals surface area (Å²) in [6.45, 7) is 0. The fourth-order valence-electron chi connectivity index (χ4n) is 3.33. The second-order valence-electron chi connectivity index (χ2n) is 5.44. The maximum absolute atomic E-state index is 6.46. The average Bonchev–Trinajstić information content (AvgIpc) is 2.39. The van der Waals surface area contributed by atoms with Crippen LogP contribution in [0.2, 0.25) is 5.02 Å². The third kappa shape index (κ3) is 2.10. The molecule has 2 aliphatic rings. The molecule has 0 saturated heterocycles. The first kappa shape index (κ1) is 12.6. The Morgan fingerprint density at radius 3 is 2.67 bits per heavy atom. The van der Waals surface area contributed by atoms with E-state index in [4.69, 9.17) is 27.9 Å². The molecule has 2 aliphatic carbocycles. The normalized spacial score (nSPS) is 29.9. The monoisotopic (exact) mass is 285 g/mol. The number of pyridine rings is 1. The molecule has 1 aromatic rings. The van der Waals surface area contributed by atoms with Crippen molar-refractivity contribution in [3.8, 4) is 5.75 Å². The van der Waals surface area contributed by atoms with Crippen LogP contribution in [0.5, 0.6) is 5.75 Å². The third-order valence-corrected chi connectivity index (χ3v) is 5.25. The summed E-state index contributed by atoms with van der Waals surface area (Å²) in [5.74, 6) is 0.765. The first-order valence-corrected chi connectivity index (χ1v) is 7.43. The number of rotatable bonds is 2. The van der Waals surface area contributed by atoms with Crippen molar-refractivity contribution in [1.82, 2.24) is 4.98 Å². The van der Waals surface area contributed by atoms with Gasteiger partial charge < -0.3 is 4.74 Å². The highest BCUT2D eigenvalue weighted by atomic mass is 35.5. The molecule has 18 heavy (non-hydrogen) atoms. The van der Waals surface area contributed by atoms with Crippen molar-refractivity contribution < 1.29 is 4.74 Å². The molecule has 4 heteroatoms. The summed E-state index contributed by atoms with van der Waals surface area (Å²) < 4.78 is 6.06. The molecule has 2 unspecified atom stereocenters. The molecule has 1 aromatic heterocycles. The summed E-state index contributed by atoms with van der Waals surface area (Å²) in [7, 11) is 0. The maximum Gasteiger partial charge on any atom is 0.139 e. The van der Waals surface area contributed by atoms with E-state index in [1.165, 1.54) is 32.1 Å². The smallest absolute Gasteiger partial charge is 0.139 e. The van der Waals surface area contributed by atoms with Gasteiger partial charge in [-0.2, -0.15) is 0 Å². The van der Waals surface area contributed by atoms with Crippen molar-refractivity contribution in [3.63, 3.8) is 0 Å². The molecule has 3 rings (SSSR count). The Balaban J connectivity index is 1.73. The minimum Gasteiger partial charge on any atom is -0.488 e. The lowest BCUT2D eigenvalue weighted by Crippen LogP contribution is -2.58. The molecule has 0 aliphatic heterocycles. The number of aromatic nitrogens is 1. The van der Waals surface area contributed by atoms with Gasteiger partial charge in [0.25, 0.3) is 0 Å². The Morgan fingerprint density at radius 2 is 2.00 bits per heavy atom. The minimum atomic E-state index is 0.197. The van der Waals surface area contributed by atoms with Crippen molar-refractivity contribution >= 4 is 23.2 Å². The van der Waals surface area contributed by atoms with Crippen LogP contribution in [-0.4, -0.2) is 16.5 Å². The number of ether oxygens (including phenoxy) is 1. The van der Waals surface area contributed by atoms with Crippen molar-refractivity contribution in [2.24, 2.45) is 5.41 Å². The minimum absolute atomic E-state index is 0.197. The Labute approximate surface area is 118 Å². The average molecular weight is 286 g/mol. The number of nitrogens with zero attached hydrogens (tertiary/aromatic N) is 1. The van der Waals surface area contributed by atoms with Crippen LogP contribution in [-0.2, 0) is 0 Å². The molecule has 2 fully saturated rings. The zero-order valence-corrected chi connectivity index (χ0v) is 11.8. The lowest BCUT2D eigenvalue weighted by atomic mass is 9.58. The summed E-state index contributed by atoms with van der Waals surface area (Å²) >= 11 is 12.4. The Kier molecular flexibility index (Phi) is 3.42. The van der Waals surface area contributed by atoms with E-state index < -0.39 is 0 Å². The first-order chi connectivity index (χ1) is 8.71. The summed E-state index contributed by atoms with van der Waals surface area (Å²) in [6.07, 6.45) is 10.8. The zero-order chi connectivity index (χ0) is 12.6. The molecule has 0 bridgehead atoms. The SMILES string of the molecule is Clc1cncc(OC2CC(Cl)C23CCCCC3)c1. The van der Waals surface area contributed by atoms with E-state index in [1.54, 1.807) is 12.4 Å². The molecule has 1 heterocycles. The van der Waals surface area contributed by atoms with E-state index in [2.05, 4.69) is 4.98 Å². The fourth-order valence-corrected chi connectivity index (χ4v) is 4.01. The lowest BCUT2D eigenvalue weighted by molar-refractivity contribution is -0.0651. The van der Waals surface area contributed by atoms with Crippen LogP contribution < -0.4 is 4.74 Å². The largest absolute Gasteiger partial charge is 0.488 e. The predicted molar refractivity (Wildman–Crippen MR) is 73.4 cm³/mol. The Morgan fingerprint density at radius 1 is 1.22 bits per heavy atom. The van der Waals surface area contributed by atoms with Gasteiger partial charge in [-0.15, -0.1) is 11.6 Å². The molecule has 0 N–H and O–H groups in total.